The van der Waals surface area contributed by atoms with Gasteiger partial charge in [0.1, 0.15) is 5.60 Å². The third-order valence-electron chi connectivity index (χ3n) is 1.48. The fourth-order valence-corrected chi connectivity index (χ4v) is 0.454. The molecule has 1 nitrogen and oxygen atoms in total. The van der Waals surface area contributed by atoms with Crippen molar-refractivity contribution in [2.24, 2.45) is 0 Å². The van der Waals surface area contributed by atoms with Gasteiger partial charge in [0, 0.05) is 0 Å². The Bertz CT molecular complexity index is 84.3. The highest BCUT2D eigenvalue weighted by Gasteiger charge is 2.61. The molecule has 1 fully saturated rings. The lowest BCUT2D eigenvalue weighted by molar-refractivity contribution is 0.161. The number of ether oxygens (including phenoxy) is 1. The van der Waals surface area contributed by atoms with Gasteiger partial charge in [-0.1, -0.05) is 0 Å². The molecule has 2 heteroatoms. The Balaban J connectivity index is 2.59. The fourth-order valence-electron chi connectivity index (χ4n) is 0.454. The average molecular weight is 104 g/mol. The number of rotatable bonds is 0. The van der Waals surface area contributed by atoms with Crippen LogP contribution in [0.3, 0.4) is 0 Å². The summed E-state index contributed by atoms with van der Waals surface area (Å²) >= 11 is 0. The van der Waals surface area contributed by atoms with E-state index < -0.39 is 11.5 Å². The summed E-state index contributed by atoms with van der Waals surface area (Å²) in [5.41, 5.74) is -0.521. The van der Waals surface area contributed by atoms with Gasteiger partial charge in [-0.25, -0.2) is 4.39 Å². The second kappa shape index (κ2) is 0.848. The van der Waals surface area contributed by atoms with Crippen LogP contribution < -0.4 is 0 Å². The molecule has 0 bridgehead atoms. The molecular weight excluding hydrogens is 95.1 g/mol. The first kappa shape index (κ1) is 5.04. The number of hydrogen-bond donors (Lipinski definition) is 0. The van der Waals surface area contributed by atoms with E-state index in [2.05, 4.69) is 4.74 Å². The van der Waals surface area contributed by atoms with Crippen molar-refractivity contribution in [2.75, 3.05) is 0 Å². The predicted molar refractivity (Wildman–Crippen MR) is 24.7 cm³/mol. The zero-order chi connectivity index (χ0) is 5.71. The maximum Gasteiger partial charge on any atom is 0.235 e. The van der Waals surface area contributed by atoms with E-state index in [9.17, 15) is 4.39 Å². The van der Waals surface area contributed by atoms with E-state index in [1.165, 1.54) is 6.92 Å². The van der Waals surface area contributed by atoms with Crippen molar-refractivity contribution in [1.29, 1.82) is 0 Å². The number of halogens is 1. The van der Waals surface area contributed by atoms with Crippen LogP contribution in [0.4, 0.5) is 4.39 Å². The van der Waals surface area contributed by atoms with Gasteiger partial charge in [-0.05, 0) is 20.8 Å². The zero-order valence-corrected chi connectivity index (χ0v) is 4.79. The lowest BCUT2D eigenvalue weighted by atomic mass is 10.1. The molecule has 42 valence electrons. The van der Waals surface area contributed by atoms with Crippen molar-refractivity contribution in [3.8, 4) is 0 Å². The Morgan fingerprint density at radius 2 is 1.43 bits per heavy atom. The highest BCUT2D eigenvalue weighted by molar-refractivity contribution is 4.98. The zero-order valence-electron chi connectivity index (χ0n) is 4.79. The topological polar surface area (TPSA) is 12.5 Å². The molecule has 1 unspecified atom stereocenters. The van der Waals surface area contributed by atoms with E-state index in [1.807, 2.05) is 0 Å². The molecule has 0 N–H and O–H groups in total. The van der Waals surface area contributed by atoms with Gasteiger partial charge in [0.25, 0.3) is 0 Å². The van der Waals surface area contributed by atoms with Crippen molar-refractivity contribution in [3.63, 3.8) is 0 Å². The smallest absolute Gasteiger partial charge is 0.235 e. The molecule has 1 saturated heterocycles. The van der Waals surface area contributed by atoms with E-state index in [4.69, 9.17) is 0 Å². The van der Waals surface area contributed by atoms with Crippen LogP contribution >= 0.6 is 0 Å². The summed E-state index contributed by atoms with van der Waals surface area (Å²) in [5.74, 6) is -1.35. The molecule has 0 saturated carbocycles. The standard InChI is InChI=1S/C5H9FO/c1-4(2)5(3,6)7-4/h1-3H3. The number of alkyl halides is 1. The lowest BCUT2D eigenvalue weighted by Gasteiger charge is -1.91. The van der Waals surface area contributed by atoms with Gasteiger partial charge in [0.05, 0.1) is 0 Å². The van der Waals surface area contributed by atoms with Crippen molar-refractivity contribution >= 4 is 0 Å². The minimum atomic E-state index is -1.35. The van der Waals surface area contributed by atoms with Crippen LogP contribution in [0, 0.1) is 0 Å². The molecule has 1 aliphatic rings. The summed E-state index contributed by atoms with van der Waals surface area (Å²) in [5, 5.41) is 0. The predicted octanol–water partition coefficient (Wildman–Crippen LogP) is 1.48. The second-order valence-corrected chi connectivity index (χ2v) is 2.53. The fraction of sp³-hybridized carbons (Fsp3) is 1.00. The van der Waals surface area contributed by atoms with E-state index >= 15 is 0 Å². The molecule has 0 amide bonds. The first-order chi connectivity index (χ1) is 2.96. The van der Waals surface area contributed by atoms with Gasteiger partial charge in [-0.3, -0.25) is 0 Å². The number of epoxide rings is 1. The van der Waals surface area contributed by atoms with Gasteiger partial charge in [0.15, 0.2) is 0 Å². The summed E-state index contributed by atoms with van der Waals surface area (Å²) in [6.07, 6.45) is 0. The first-order valence-corrected chi connectivity index (χ1v) is 2.35. The van der Waals surface area contributed by atoms with Crippen LogP contribution in [-0.4, -0.2) is 11.5 Å². The van der Waals surface area contributed by atoms with Crippen molar-refractivity contribution in [2.45, 2.75) is 32.2 Å². The van der Waals surface area contributed by atoms with Crippen LogP contribution in [0.5, 0.6) is 0 Å². The van der Waals surface area contributed by atoms with Gasteiger partial charge in [-0.15, -0.1) is 0 Å². The van der Waals surface area contributed by atoms with Crippen LogP contribution in [-0.2, 0) is 4.74 Å². The lowest BCUT2D eigenvalue weighted by Crippen LogP contribution is -2.08. The molecule has 1 heterocycles. The monoisotopic (exact) mass is 104 g/mol. The highest BCUT2D eigenvalue weighted by atomic mass is 19.2. The number of hydrogen-bond acceptors (Lipinski definition) is 1. The van der Waals surface area contributed by atoms with Crippen molar-refractivity contribution in [1.82, 2.24) is 0 Å². The maximum absolute atomic E-state index is 12.4. The van der Waals surface area contributed by atoms with Gasteiger partial charge < -0.3 is 4.74 Å². The molecule has 0 aromatic rings. The van der Waals surface area contributed by atoms with E-state index in [-0.39, 0.29) is 0 Å². The molecule has 0 spiro atoms. The molecule has 0 aromatic carbocycles. The summed E-state index contributed by atoms with van der Waals surface area (Å²) < 4.78 is 17.0. The summed E-state index contributed by atoms with van der Waals surface area (Å²) in [4.78, 5) is 0. The Morgan fingerprint density at radius 1 is 1.29 bits per heavy atom. The molecular formula is C5H9FO. The molecule has 0 radical (unpaired) electrons. The second-order valence-electron chi connectivity index (χ2n) is 2.53. The van der Waals surface area contributed by atoms with Crippen LogP contribution in [0.2, 0.25) is 0 Å². The van der Waals surface area contributed by atoms with Crippen molar-refractivity contribution in [3.05, 3.63) is 0 Å². The normalized spacial score (nSPS) is 46.3. The SMILES string of the molecule is CC1(C)OC1(C)F. The average Bonchev–Trinajstić information content (AvgIpc) is 1.63. The van der Waals surface area contributed by atoms with Crippen LogP contribution in [0.1, 0.15) is 20.8 Å². The van der Waals surface area contributed by atoms with Crippen LogP contribution in [0.15, 0.2) is 0 Å². The Labute approximate surface area is 42.5 Å². The summed E-state index contributed by atoms with van der Waals surface area (Å²) in [6, 6.07) is 0. The Kier molecular flexibility index (Phi) is 0.610. The minimum absolute atomic E-state index is 0.521. The largest absolute Gasteiger partial charge is 0.332 e. The quantitative estimate of drug-likeness (QED) is 0.424. The minimum Gasteiger partial charge on any atom is -0.332 e. The van der Waals surface area contributed by atoms with Gasteiger partial charge >= 0.3 is 0 Å². The van der Waals surface area contributed by atoms with E-state index in [0.717, 1.165) is 0 Å². The summed E-state index contributed by atoms with van der Waals surface area (Å²) in [6.45, 7) is 4.90. The molecule has 1 aliphatic heterocycles. The maximum atomic E-state index is 12.4. The Morgan fingerprint density at radius 3 is 1.43 bits per heavy atom. The van der Waals surface area contributed by atoms with Crippen molar-refractivity contribution < 1.29 is 9.13 Å². The van der Waals surface area contributed by atoms with Gasteiger partial charge in [0.2, 0.25) is 5.85 Å². The Hall–Kier alpha value is -0.110. The molecule has 0 aliphatic carbocycles. The molecule has 0 aromatic heterocycles. The third-order valence-corrected chi connectivity index (χ3v) is 1.48. The van der Waals surface area contributed by atoms with E-state index in [0.29, 0.717) is 0 Å². The molecule has 7 heavy (non-hydrogen) atoms. The highest BCUT2D eigenvalue weighted by Crippen LogP contribution is 2.47. The summed E-state index contributed by atoms with van der Waals surface area (Å²) in [7, 11) is 0. The third kappa shape index (κ3) is 0.536. The van der Waals surface area contributed by atoms with Gasteiger partial charge in [-0.2, -0.15) is 0 Å². The molecule has 1 atom stereocenters. The first-order valence-electron chi connectivity index (χ1n) is 2.35. The van der Waals surface area contributed by atoms with Crippen LogP contribution in [0.25, 0.3) is 0 Å². The van der Waals surface area contributed by atoms with E-state index in [1.54, 1.807) is 13.8 Å². The molecule has 1 rings (SSSR count).